The number of nitrogens with zero attached hydrogens (tertiary/aromatic N) is 2. The zero-order chi connectivity index (χ0) is 24.1. The molecule has 9 heteroatoms. The van der Waals surface area contributed by atoms with E-state index in [0.717, 1.165) is 6.42 Å². The number of amides is 2. The molecule has 0 saturated carbocycles. The average molecular weight is 453 g/mol. The highest BCUT2D eigenvalue weighted by molar-refractivity contribution is 5.99. The maximum absolute atomic E-state index is 13.5. The summed E-state index contributed by atoms with van der Waals surface area (Å²) in [7, 11) is 4.50. The molecule has 0 radical (unpaired) electrons. The normalized spacial score (nSPS) is 15.1. The molecule has 1 saturated heterocycles. The first-order valence-electron chi connectivity index (χ1n) is 10.8. The molecule has 1 aliphatic heterocycles. The molecular formula is C23H36N2O7. The Morgan fingerprint density at radius 2 is 1.50 bits per heavy atom. The van der Waals surface area contributed by atoms with Crippen molar-refractivity contribution in [1.29, 1.82) is 0 Å². The van der Waals surface area contributed by atoms with E-state index in [1.54, 1.807) is 15.9 Å². The lowest BCUT2D eigenvalue weighted by Gasteiger charge is -2.36. The van der Waals surface area contributed by atoms with Gasteiger partial charge < -0.3 is 33.5 Å². The summed E-state index contributed by atoms with van der Waals surface area (Å²) in [5, 5.41) is 0. The number of benzene rings is 1. The number of rotatable bonds is 7. The molecule has 9 nitrogen and oxygen atoms in total. The lowest BCUT2D eigenvalue weighted by Crippen LogP contribution is -2.51. The smallest absolute Gasteiger partial charge is 0.410 e. The lowest BCUT2D eigenvalue weighted by atomic mass is 10.1. The van der Waals surface area contributed by atoms with Crippen LogP contribution in [0.2, 0.25) is 0 Å². The minimum atomic E-state index is -0.567. The van der Waals surface area contributed by atoms with Crippen LogP contribution in [0.4, 0.5) is 4.79 Å². The van der Waals surface area contributed by atoms with E-state index in [1.807, 2.05) is 34.6 Å². The fourth-order valence-corrected chi connectivity index (χ4v) is 3.28. The molecule has 180 valence electrons. The molecule has 32 heavy (non-hydrogen) atoms. The topological polar surface area (TPSA) is 86.8 Å². The minimum absolute atomic E-state index is 0.141. The third-order valence-electron chi connectivity index (χ3n) is 5.13. The van der Waals surface area contributed by atoms with Crippen LogP contribution >= 0.6 is 0 Å². The molecule has 1 atom stereocenters. The molecule has 1 heterocycles. The van der Waals surface area contributed by atoms with Crippen LogP contribution in [0.15, 0.2) is 6.07 Å². The van der Waals surface area contributed by atoms with Gasteiger partial charge in [-0.25, -0.2) is 4.79 Å². The number of carbonyl (C=O) groups is 2. The third-order valence-corrected chi connectivity index (χ3v) is 5.13. The van der Waals surface area contributed by atoms with Gasteiger partial charge in [0.25, 0.3) is 5.91 Å². The number of methoxy groups -OCH3 is 3. The summed E-state index contributed by atoms with van der Waals surface area (Å²) in [5.74, 6) is 1.13. The Kier molecular flexibility index (Phi) is 8.46. The van der Waals surface area contributed by atoms with Crippen molar-refractivity contribution in [3.63, 3.8) is 0 Å². The Morgan fingerprint density at radius 1 is 0.938 bits per heavy atom. The first kappa shape index (κ1) is 25.4. The van der Waals surface area contributed by atoms with Gasteiger partial charge in [-0.2, -0.15) is 0 Å². The van der Waals surface area contributed by atoms with Gasteiger partial charge in [-0.3, -0.25) is 4.79 Å². The predicted octanol–water partition coefficient (Wildman–Crippen LogP) is 3.58. The van der Waals surface area contributed by atoms with E-state index >= 15 is 0 Å². The Labute approximate surface area is 190 Å². The summed E-state index contributed by atoms with van der Waals surface area (Å²) in [5.41, 5.74) is -0.242. The van der Waals surface area contributed by atoms with Crippen molar-refractivity contribution in [2.24, 2.45) is 0 Å². The van der Waals surface area contributed by atoms with Crippen molar-refractivity contribution in [3.05, 3.63) is 11.6 Å². The molecule has 1 aromatic rings. The maximum atomic E-state index is 13.5. The van der Waals surface area contributed by atoms with Crippen molar-refractivity contribution < 1.29 is 33.3 Å². The summed E-state index contributed by atoms with van der Waals surface area (Å²) < 4.78 is 28.0. The average Bonchev–Trinajstić information content (AvgIpc) is 2.76. The second-order valence-corrected chi connectivity index (χ2v) is 8.62. The van der Waals surface area contributed by atoms with Crippen LogP contribution in [-0.2, 0) is 4.74 Å². The highest BCUT2D eigenvalue weighted by atomic mass is 16.6. The number of hydrogen-bond donors (Lipinski definition) is 0. The first-order valence-corrected chi connectivity index (χ1v) is 10.8. The van der Waals surface area contributed by atoms with Gasteiger partial charge in [0.1, 0.15) is 5.60 Å². The van der Waals surface area contributed by atoms with E-state index in [0.29, 0.717) is 54.7 Å². The predicted molar refractivity (Wildman–Crippen MR) is 120 cm³/mol. The summed E-state index contributed by atoms with van der Waals surface area (Å²) in [6.07, 6.45) is 0.232. The van der Waals surface area contributed by atoms with Crippen LogP contribution in [0.5, 0.6) is 23.0 Å². The van der Waals surface area contributed by atoms with Gasteiger partial charge in [0.15, 0.2) is 11.5 Å². The fourth-order valence-electron chi connectivity index (χ4n) is 3.28. The van der Waals surface area contributed by atoms with Gasteiger partial charge in [0.05, 0.1) is 33.0 Å². The number of carbonyl (C=O) groups excluding carboxylic acids is 2. The molecular weight excluding hydrogens is 416 g/mol. The summed E-state index contributed by atoms with van der Waals surface area (Å²) in [6.45, 7) is 10.9. The van der Waals surface area contributed by atoms with Crippen LogP contribution in [0.25, 0.3) is 0 Å². The van der Waals surface area contributed by atoms with Gasteiger partial charge >= 0.3 is 6.09 Å². The summed E-state index contributed by atoms with van der Waals surface area (Å²) >= 11 is 0. The quantitative estimate of drug-likeness (QED) is 0.625. The Morgan fingerprint density at radius 3 is 1.97 bits per heavy atom. The summed E-state index contributed by atoms with van der Waals surface area (Å²) in [4.78, 5) is 29.1. The molecule has 2 amide bonds. The number of piperazine rings is 1. The standard InChI is InChI=1S/C23H36N2O7/c1-9-15(2)31-18-16(14-17(28-6)19(29-7)20(18)30-8)21(26)24-10-12-25(13-11-24)22(27)32-23(3,4)5/h14-15H,9-13H2,1-8H3. The van der Waals surface area contributed by atoms with Crippen molar-refractivity contribution in [1.82, 2.24) is 9.80 Å². The summed E-state index contributed by atoms with van der Waals surface area (Å²) in [6, 6.07) is 1.61. The lowest BCUT2D eigenvalue weighted by molar-refractivity contribution is 0.0140. The molecule has 0 aromatic heterocycles. The second kappa shape index (κ2) is 10.7. The Hall–Kier alpha value is -2.84. The molecule has 1 fully saturated rings. The second-order valence-electron chi connectivity index (χ2n) is 8.62. The van der Waals surface area contributed by atoms with Crippen LogP contribution in [0, 0.1) is 0 Å². The van der Waals surface area contributed by atoms with E-state index in [4.69, 9.17) is 23.7 Å². The van der Waals surface area contributed by atoms with Gasteiger partial charge in [-0.15, -0.1) is 0 Å². The molecule has 1 unspecified atom stereocenters. The highest BCUT2D eigenvalue weighted by Gasteiger charge is 2.32. The monoisotopic (exact) mass is 452 g/mol. The zero-order valence-corrected chi connectivity index (χ0v) is 20.4. The first-order chi connectivity index (χ1) is 15.1. The van der Waals surface area contributed by atoms with E-state index in [1.165, 1.54) is 21.3 Å². The van der Waals surface area contributed by atoms with Crippen LogP contribution < -0.4 is 18.9 Å². The van der Waals surface area contributed by atoms with Crippen LogP contribution in [0.1, 0.15) is 51.4 Å². The van der Waals surface area contributed by atoms with Crippen molar-refractivity contribution in [2.45, 2.75) is 52.7 Å². The molecule has 0 bridgehead atoms. The highest BCUT2D eigenvalue weighted by Crippen LogP contribution is 2.47. The van der Waals surface area contributed by atoms with Gasteiger partial charge in [0.2, 0.25) is 11.5 Å². The third kappa shape index (κ3) is 5.89. The SMILES string of the molecule is CCC(C)Oc1c(C(=O)N2CCN(C(=O)OC(C)(C)C)CC2)cc(OC)c(OC)c1OC. The minimum Gasteiger partial charge on any atom is -0.493 e. The van der Waals surface area contributed by atoms with Crippen LogP contribution in [0.3, 0.4) is 0 Å². The number of hydrogen-bond acceptors (Lipinski definition) is 7. The molecule has 2 rings (SSSR count). The van der Waals surface area contributed by atoms with Crippen LogP contribution in [-0.4, -0.2) is 81.0 Å². The van der Waals surface area contributed by atoms with Crippen molar-refractivity contribution in [3.8, 4) is 23.0 Å². The van der Waals surface area contributed by atoms with Crippen molar-refractivity contribution in [2.75, 3.05) is 47.5 Å². The fraction of sp³-hybridized carbons (Fsp3) is 0.652. The molecule has 0 N–H and O–H groups in total. The molecule has 0 aliphatic carbocycles. The van der Waals surface area contributed by atoms with E-state index in [2.05, 4.69) is 0 Å². The number of ether oxygens (including phenoxy) is 5. The Bertz CT molecular complexity index is 812. The molecule has 1 aliphatic rings. The zero-order valence-electron chi connectivity index (χ0n) is 20.4. The van der Waals surface area contributed by atoms with Crippen molar-refractivity contribution >= 4 is 12.0 Å². The van der Waals surface area contributed by atoms with Gasteiger partial charge in [-0.1, -0.05) is 6.92 Å². The van der Waals surface area contributed by atoms with E-state index < -0.39 is 5.60 Å². The van der Waals surface area contributed by atoms with E-state index in [-0.39, 0.29) is 18.1 Å². The van der Waals surface area contributed by atoms with Gasteiger partial charge in [-0.05, 0) is 34.1 Å². The van der Waals surface area contributed by atoms with Gasteiger partial charge in [0, 0.05) is 32.2 Å². The largest absolute Gasteiger partial charge is 0.493 e. The Balaban J connectivity index is 2.32. The van der Waals surface area contributed by atoms with E-state index in [9.17, 15) is 9.59 Å². The molecule has 1 aromatic carbocycles. The maximum Gasteiger partial charge on any atom is 0.410 e. The molecule has 0 spiro atoms.